The van der Waals surface area contributed by atoms with Gasteiger partial charge in [-0.3, -0.25) is 10.1 Å². The fourth-order valence-electron chi connectivity index (χ4n) is 2.18. The molecule has 0 aliphatic carbocycles. The second-order valence-corrected chi connectivity index (χ2v) is 4.75. The summed E-state index contributed by atoms with van der Waals surface area (Å²) in [5, 5.41) is 21.0. The average Bonchev–Trinajstić information content (AvgIpc) is 2.82. The lowest BCUT2D eigenvalue weighted by molar-refractivity contribution is -0.384. The number of nitro groups is 1. The first kappa shape index (κ1) is 17.7. The van der Waals surface area contributed by atoms with Crippen LogP contribution in [0.5, 0.6) is 5.75 Å². The van der Waals surface area contributed by atoms with Crippen molar-refractivity contribution < 1.29 is 29.1 Å². The molecule has 0 aromatic heterocycles. The van der Waals surface area contributed by atoms with Crippen LogP contribution in [-0.2, 0) is 19.1 Å². The lowest BCUT2D eigenvalue weighted by atomic mass is 10.1. The van der Waals surface area contributed by atoms with Crippen molar-refractivity contribution in [2.75, 3.05) is 19.1 Å². The molecule has 0 atom stereocenters. The number of rotatable bonds is 4. The van der Waals surface area contributed by atoms with Gasteiger partial charge < -0.3 is 19.5 Å². The molecule has 0 bridgehead atoms. The van der Waals surface area contributed by atoms with E-state index in [0.717, 1.165) is 26.4 Å². The van der Waals surface area contributed by atoms with Gasteiger partial charge in [0.25, 0.3) is 5.69 Å². The number of nitro benzene ring substituents is 1. The van der Waals surface area contributed by atoms with Crippen LogP contribution in [0.4, 0.5) is 11.4 Å². The largest absolute Gasteiger partial charge is 0.505 e. The summed E-state index contributed by atoms with van der Waals surface area (Å²) in [4.78, 5) is 35.6. The first-order valence-electron chi connectivity index (χ1n) is 6.93. The summed E-state index contributed by atoms with van der Waals surface area (Å²) in [6.07, 6.45) is 5.77. The van der Waals surface area contributed by atoms with Crippen molar-refractivity contribution in [3.05, 3.63) is 64.0 Å². The van der Waals surface area contributed by atoms with Crippen LogP contribution < -0.4 is 4.90 Å². The number of hydrogen-bond acceptors (Lipinski definition) is 8. The van der Waals surface area contributed by atoms with Gasteiger partial charge in [-0.05, 0) is 18.2 Å². The fourth-order valence-corrected chi connectivity index (χ4v) is 2.18. The van der Waals surface area contributed by atoms with Crippen LogP contribution in [0.1, 0.15) is 0 Å². The average molecular weight is 346 g/mol. The van der Waals surface area contributed by atoms with Crippen molar-refractivity contribution in [3.63, 3.8) is 0 Å². The molecule has 0 spiro atoms. The van der Waals surface area contributed by atoms with Gasteiger partial charge in [-0.2, -0.15) is 0 Å². The van der Waals surface area contributed by atoms with Crippen molar-refractivity contribution in [3.8, 4) is 5.75 Å². The zero-order valence-electron chi connectivity index (χ0n) is 13.3. The predicted octanol–water partition coefficient (Wildman–Crippen LogP) is 1.79. The summed E-state index contributed by atoms with van der Waals surface area (Å²) >= 11 is 0. The summed E-state index contributed by atoms with van der Waals surface area (Å²) in [6, 6.07) is 3.35. The number of allylic oxidation sites excluding steroid dienone is 2. The number of benzene rings is 1. The highest BCUT2D eigenvalue weighted by Gasteiger charge is 2.29. The maximum atomic E-state index is 12.2. The van der Waals surface area contributed by atoms with E-state index in [9.17, 15) is 24.8 Å². The van der Waals surface area contributed by atoms with E-state index in [1.54, 1.807) is 0 Å². The molecule has 0 amide bonds. The zero-order valence-corrected chi connectivity index (χ0v) is 13.3. The van der Waals surface area contributed by atoms with Gasteiger partial charge in [-0.25, -0.2) is 9.59 Å². The number of phenols is 1. The fraction of sp³-hybridized carbons (Fsp3) is 0.125. The molecule has 2 rings (SSSR count). The third kappa shape index (κ3) is 3.50. The Morgan fingerprint density at radius 2 is 1.84 bits per heavy atom. The Labute approximate surface area is 142 Å². The monoisotopic (exact) mass is 346 g/mol. The smallest absolute Gasteiger partial charge is 0.355 e. The summed E-state index contributed by atoms with van der Waals surface area (Å²) in [7, 11) is 2.29. The predicted molar refractivity (Wildman–Crippen MR) is 86.6 cm³/mol. The number of aromatic hydroxyl groups is 1. The summed E-state index contributed by atoms with van der Waals surface area (Å²) in [5.41, 5.74) is -0.581. The number of methoxy groups -OCH3 is 2. The number of hydrogen-bond donors (Lipinski definition) is 1. The Morgan fingerprint density at radius 3 is 2.40 bits per heavy atom. The molecule has 1 aromatic rings. The first-order valence-corrected chi connectivity index (χ1v) is 6.93. The van der Waals surface area contributed by atoms with Crippen LogP contribution in [-0.4, -0.2) is 36.2 Å². The second kappa shape index (κ2) is 7.30. The van der Waals surface area contributed by atoms with Crippen molar-refractivity contribution in [2.24, 2.45) is 0 Å². The van der Waals surface area contributed by atoms with Crippen molar-refractivity contribution in [2.45, 2.75) is 0 Å². The summed E-state index contributed by atoms with van der Waals surface area (Å²) in [5.74, 6) is -2.09. The Balaban J connectivity index is 2.67. The normalized spacial score (nSPS) is 13.4. The third-order valence-corrected chi connectivity index (χ3v) is 3.32. The molecule has 0 unspecified atom stereocenters. The van der Waals surface area contributed by atoms with Crippen LogP contribution in [0.3, 0.4) is 0 Å². The second-order valence-electron chi connectivity index (χ2n) is 4.75. The van der Waals surface area contributed by atoms with Crippen molar-refractivity contribution in [1.29, 1.82) is 0 Å². The summed E-state index contributed by atoms with van der Waals surface area (Å²) in [6.45, 7) is 0. The number of carbonyl (C=O) groups excluding carboxylic acids is 2. The van der Waals surface area contributed by atoms with Crippen molar-refractivity contribution >= 4 is 23.3 Å². The molecule has 1 aliphatic rings. The maximum absolute atomic E-state index is 12.2. The molecule has 0 fully saturated rings. The lowest BCUT2D eigenvalue weighted by Gasteiger charge is -2.23. The molecule has 0 saturated heterocycles. The quantitative estimate of drug-likeness (QED) is 0.498. The molecule has 9 heteroatoms. The topological polar surface area (TPSA) is 119 Å². The number of ether oxygens (including phenoxy) is 2. The van der Waals surface area contributed by atoms with E-state index in [1.807, 2.05) is 0 Å². The van der Waals surface area contributed by atoms with E-state index in [0.29, 0.717) is 0 Å². The minimum atomic E-state index is -0.852. The SMILES string of the molecule is COC(=O)C1=C(C(=O)OC)N(c2ccc([N+](=O)[O-])cc2O)C=CC=C1. The Hall–Kier alpha value is -3.62. The third-order valence-electron chi connectivity index (χ3n) is 3.32. The minimum absolute atomic E-state index is 0.0485. The van der Waals surface area contributed by atoms with E-state index in [4.69, 9.17) is 4.74 Å². The number of non-ortho nitro benzene ring substituents is 1. The molecule has 1 heterocycles. The molecule has 1 N–H and O–H groups in total. The number of nitrogens with zero attached hydrogens (tertiary/aromatic N) is 2. The highest BCUT2D eigenvalue weighted by Crippen LogP contribution is 2.35. The number of esters is 2. The van der Waals surface area contributed by atoms with Crippen LogP contribution in [0, 0.1) is 10.1 Å². The van der Waals surface area contributed by atoms with Gasteiger partial charge in [-0.15, -0.1) is 0 Å². The van der Waals surface area contributed by atoms with Gasteiger partial charge in [0.05, 0.1) is 36.5 Å². The van der Waals surface area contributed by atoms with Crippen LogP contribution in [0.15, 0.2) is 53.9 Å². The Kier molecular flexibility index (Phi) is 5.18. The number of phenolic OH excluding ortho intramolecular Hbond substituents is 1. The van der Waals surface area contributed by atoms with Crippen LogP contribution in [0.2, 0.25) is 0 Å². The zero-order chi connectivity index (χ0) is 18.6. The van der Waals surface area contributed by atoms with E-state index in [-0.39, 0.29) is 22.6 Å². The van der Waals surface area contributed by atoms with E-state index in [1.165, 1.54) is 35.4 Å². The number of carbonyl (C=O) groups is 2. The highest BCUT2D eigenvalue weighted by molar-refractivity contribution is 6.05. The van der Waals surface area contributed by atoms with Gasteiger partial charge in [0, 0.05) is 12.3 Å². The molecule has 25 heavy (non-hydrogen) atoms. The van der Waals surface area contributed by atoms with Crippen molar-refractivity contribution in [1.82, 2.24) is 0 Å². The lowest BCUT2D eigenvalue weighted by Crippen LogP contribution is -2.27. The van der Waals surface area contributed by atoms with Crippen LogP contribution in [0.25, 0.3) is 0 Å². The Morgan fingerprint density at radius 1 is 1.16 bits per heavy atom. The molecule has 1 aliphatic heterocycles. The molecule has 1 aromatic carbocycles. The Bertz CT molecular complexity index is 824. The van der Waals surface area contributed by atoms with E-state index < -0.39 is 22.6 Å². The van der Waals surface area contributed by atoms with Gasteiger partial charge in [0.1, 0.15) is 11.4 Å². The molecular weight excluding hydrogens is 332 g/mol. The van der Waals surface area contributed by atoms with Gasteiger partial charge >= 0.3 is 11.9 Å². The molecule has 0 saturated carbocycles. The van der Waals surface area contributed by atoms with E-state index in [2.05, 4.69) is 4.74 Å². The van der Waals surface area contributed by atoms with Gasteiger partial charge in [0.15, 0.2) is 0 Å². The van der Waals surface area contributed by atoms with E-state index >= 15 is 0 Å². The molecular formula is C16H14N2O7. The molecule has 0 radical (unpaired) electrons. The molecule has 130 valence electrons. The van der Waals surface area contributed by atoms with Gasteiger partial charge in [0.2, 0.25) is 0 Å². The highest BCUT2D eigenvalue weighted by atomic mass is 16.6. The minimum Gasteiger partial charge on any atom is -0.505 e. The maximum Gasteiger partial charge on any atom is 0.355 e. The van der Waals surface area contributed by atoms with Gasteiger partial charge in [-0.1, -0.05) is 6.08 Å². The number of anilines is 1. The molecule has 9 nitrogen and oxygen atoms in total. The summed E-state index contributed by atoms with van der Waals surface area (Å²) < 4.78 is 9.39. The standard InChI is InChI=1S/C16H14N2O7/c1-24-15(20)11-5-3-4-8-17(14(11)16(21)25-2)12-7-6-10(18(22)23)9-13(12)19/h3-9,19H,1-2H3. The van der Waals surface area contributed by atoms with Crippen LogP contribution >= 0.6 is 0 Å². The first-order chi connectivity index (χ1) is 11.9.